The van der Waals surface area contributed by atoms with E-state index < -0.39 is 0 Å². The van der Waals surface area contributed by atoms with Gasteiger partial charge in [-0.2, -0.15) is 0 Å². The van der Waals surface area contributed by atoms with Crippen LogP contribution >= 0.6 is 0 Å². The number of nitrogens with zero attached hydrogens (tertiary/aromatic N) is 2. The van der Waals surface area contributed by atoms with Crippen LogP contribution in [0.3, 0.4) is 0 Å². The summed E-state index contributed by atoms with van der Waals surface area (Å²) >= 11 is 0. The molecule has 32 heavy (non-hydrogen) atoms. The smallest absolute Gasteiger partial charge is 0.251 e. The van der Waals surface area contributed by atoms with Crippen LogP contribution in [0, 0.1) is 6.92 Å². The van der Waals surface area contributed by atoms with E-state index in [1.54, 1.807) is 0 Å². The van der Waals surface area contributed by atoms with Crippen molar-refractivity contribution in [3.63, 3.8) is 0 Å². The number of hydrogen-bond acceptors (Lipinski definition) is 2. The second-order valence-corrected chi connectivity index (χ2v) is 8.41. The second kappa shape index (κ2) is 10.3. The van der Waals surface area contributed by atoms with E-state index in [9.17, 15) is 4.79 Å². The summed E-state index contributed by atoms with van der Waals surface area (Å²) in [5.74, 6) is 1.13. The summed E-state index contributed by atoms with van der Waals surface area (Å²) < 4.78 is 2.38. The van der Waals surface area contributed by atoms with Gasteiger partial charge in [-0.3, -0.25) is 4.79 Å². The van der Waals surface area contributed by atoms with Crippen LogP contribution in [0.1, 0.15) is 59.5 Å². The number of carbonyl (C=O) groups excluding carboxylic acids is 1. The van der Waals surface area contributed by atoms with Gasteiger partial charge in [0.15, 0.2) is 0 Å². The molecule has 0 spiro atoms. The highest BCUT2D eigenvalue weighted by atomic mass is 16.1. The molecule has 0 saturated carbocycles. The molecule has 164 valence electrons. The van der Waals surface area contributed by atoms with Gasteiger partial charge < -0.3 is 9.88 Å². The number of aryl methyl sites for hydroxylation is 2. The van der Waals surface area contributed by atoms with Crippen molar-refractivity contribution in [3.05, 3.63) is 101 Å². The Kier molecular flexibility index (Phi) is 7.00. The van der Waals surface area contributed by atoms with Crippen molar-refractivity contribution in [3.8, 4) is 0 Å². The molecule has 0 aliphatic heterocycles. The first-order valence-corrected chi connectivity index (χ1v) is 11.5. The summed E-state index contributed by atoms with van der Waals surface area (Å²) in [6, 6.07) is 26.9. The first-order chi connectivity index (χ1) is 15.6. The summed E-state index contributed by atoms with van der Waals surface area (Å²) in [7, 11) is 0. The van der Waals surface area contributed by atoms with E-state index in [0.29, 0.717) is 6.54 Å². The first-order valence-electron chi connectivity index (χ1n) is 11.5. The van der Waals surface area contributed by atoms with E-state index >= 15 is 0 Å². The molecule has 1 atom stereocenters. The van der Waals surface area contributed by atoms with Crippen molar-refractivity contribution in [1.29, 1.82) is 0 Å². The molecule has 4 heteroatoms. The molecule has 0 aliphatic rings. The third-order valence-corrected chi connectivity index (χ3v) is 6.01. The van der Waals surface area contributed by atoms with Gasteiger partial charge in [-0.15, -0.1) is 0 Å². The standard InChI is InChI=1S/C28H31N3O/c1-21-16-18-24(19-17-21)28(32)29-20-10-4-7-15-27-30-25-13-8-9-14-26(25)31(27)22(2)23-11-5-3-6-12-23/h3,5-6,8-9,11-14,16-19,22H,4,7,10,15,20H2,1-2H3,(H,29,32). The molecule has 4 nitrogen and oxygen atoms in total. The molecule has 0 aliphatic carbocycles. The van der Waals surface area contributed by atoms with Crippen LogP contribution in [-0.2, 0) is 6.42 Å². The number of amides is 1. The number of aromatic nitrogens is 2. The maximum Gasteiger partial charge on any atom is 0.251 e. The molecule has 4 aromatic rings. The monoisotopic (exact) mass is 425 g/mol. The average Bonchev–Trinajstić information content (AvgIpc) is 3.20. The highest BCUT2D eigenvalue weighted by Crippen LogP contribution is 2.26. The zero-order chi connectivity index (χ0) is 22.3. The first kappa shape index (κ1) is 21.8. The fourth-order valence-electron chi connectivity index (χ4n) is 4.18. The van der Waals surface area contributed by atoms with Crippen molar-refractivity contribution in [1.82, 2.24) is 14.9 Å². The number of para-hydroxylation sites is 2. The molecular weight excluding hydrogens is 394 g/mol. The van der Waals surface area contributed by atoms with Crippen LogP contribution in [0.15, 0.2) is 78.9 Å². The van der Waals surface area contributed by atoms with E-state index in [2.05, 4.69) is 65.3 Å². The quantitative estimate of drug-likeness (QED) is 0.330. The molecule has 1 N–H and O–H groups in total. The minimum absolute atomic E-state index is 0.00322. The van der Waals surface area contributed by atoms with Crippen molar-refractivity contribution < 1.29 is 4.79 Å². The van der Waals surface area contributed by atoms with Gasteiger partial charge in [0, 0.05) is 18.5 Å². The molecule has 4 rings (SSSR count). The molecule has 0 fully saturated rings. The largest absolute Gasteiger partial charge is 0.352 e. The molecule has 0 radical (unpaired) electrons. The molecule has 1 amide bonds. The predicted octanol–water partition coefficient (Wildman–Crippen LogP) is 6.10. The van der Waals surface area contributed by atoms with Crippen LogP contribution in [0.5, 0.6) is 0 Å². The Hall–Kier alpha value is -3.40. The molecule has 1 heterocycles. The number of nitrogens with one attached hydrogen (secondary N) is 1. The van der Waals surface area contributed by atoms with Gasteiger partial charge in [0.25, 0.3) is 5.91 Å². The van der Waals surface area contributed by atoms with E-state index in [4.69, 9.17) is 4.98 Å². The van der Waals surface area contributed by atoms with Gasteiger partial charge in [-0.05, 0) is 56.5 Å². The summed E-state index contributed by atoms with van der Waals surface area (Å²) in [6.07, 6.45) is 3.99. The average molecular weight is 426 g/mol. The highest BCUT2D eigenvalue weighted by molar-refractivity contribution is 5.94. The molecular formula is C28H31N3O. The van der Waals surface area contributed by atoms with E-state index in [0.717, 1.165) is 48.2 Å². The summed E-state index contributed by atoms with van der Waals surface area (Å²) in [5, 5.41) is 3.03. The van der Waals surface area contributed by atoms with E-state index in [-0.39, 0.29) is 11.9 Å². The van der Waals surface area contributed by atoms with Crippen molar-refractivity contribution in [2.24, 2.45) is 0 Å². The van der Waals surface area contributed by atoms with Crippen LogP contribution < -0.4 is 5.32 Å². The third kappa shape index (κ3) is 5.08. The van der Waals surface area contributed by atoms with Crippen LogP contribution in [0.4, 0.5) is 0 Å². The number of rotatable bonds is 9. The third-order valence-electron chi connectivity index (χ3n) is 6.01. The lowest BCUT2D eigenvalue weighted by Gasteiger charge is -2.18. The van der Waals surface area contributed by atoms with E-state index in [1.807, 2.05) is 37.3 Å². The Morgan fingerprint density at radius 2 is 1.62 bits per heavy atom. The van der Waals surface area contributed by atoms with Gasteiger partial charge in [0.1, 0.15) is 5.82 Å². The molecule has 0 bridgehead atoms. The van der Waals surface area contributed by atoms with Crippen molar-refractivity contribution in [2.75, 3.05) is 6.54 Å². The van der Waals surface area contributed by atoms with Crippen LogP contribution in [0.25, 0.3) is 11.0 Å². The lowest BCUT2D eigenvalue weighted by Crippen LogP contribution is -2.24. The number of unbranched alkanes of at least 4 members (excludes halogenated alkanes) is 2. The number of fused-ring (bicyclic) bond motifs is 1. The van der Waals surface area contributed by atoms with Crippen molar-refractivity contribution in [2.45, 2.75) is 45.6 Å². The molecule has 1 unspecified atom stereocenters. The highest BCUT2D eigenvalue weighted by Gasteiger charge is 2.16. The minimum atomic E-state index is 0.00322. The fourth-order valence-corrected chi connectivity index (χ4v) is 4.18. The molecule has 1 aromatic heterocycles. The molecule has 3 aromatic carbocycles. The zero-order valence-electron chi connectivity index (χ0n) is 18.9. The van der Waals surface area contributed by atoms with E-state index in [1.165, 1.54) is 11.1 Å². The Morgan fingerprint density at radius 3 is 2.41 bits per heavy atom. The van der Waals surface area contributed by atoms with Gasteiger partial charge in [0.05, 0.1) is 17.1 Å². The second-order valence-electron chi connectivity index (χ2n) is 8.41. The SMILES string of the molecule is Cc1ccc(C(=O)NCCCCCc2nc3ccccc3n2C(C)c2ccccc2)cc1. The normalized spacial score (nSPS) is 12.1. The maximum absolute atomic E-state index is 12.2. The Morgan fingerprint density at radius 1 is 0.906 bits per heavy atom. The summed E-state index contributed by atoms with van der Waals surface area (Å²) in [6.45, 7) is 4.97. The fraction of sp³-hybridized carbons (Fsp3) is 0.286. The van der Waals surface area contributed by atoms with Crippen molar-refractivity contribution >= 4 is 16.9 Å². The van der Waals surface area contributed by atoms with Gasteiger partial charge in [-0.1, -0.05) is 66.6 Å². The van der Waals surface area contributed by atoms with Crippen LogP contribution in [0.2, 0.25) is 0 Å². The molecule has 0 saturated heterocycles. The maximum atomic E-state index is 12.2. The minimum Gasteiger partial charge on any atom is -0.352 e. The van der Waals surface area contributed by atoms with Gasteiger partial charge >= 0.3 is 0 Å². The number of carbonyl (C=O) groups is 1. The lowest BCUT2D eigenvalue weighted by molar-refractivity contribution is 0.0953. The van der Waals surface area contributed by atoms with Gasteiger partial charge in [-0.25, -0.2) is 4.98 Å². The predicted molar refractivity (Wildman–Crippen MR) is 131 cm³/mol. The summed E-state index contributed by atoms with van der Waals surface area (Å²) in [4.78, 5) is 17.2. The van der Waals surface area contributed by atoms with Crippen LogP contribution in [-0.4, -0.2) is 22.0 Å². The van der Waals surface area contributed by atoms with Gasteiger partial charge in [0.2, 0.25) is 0 Å². The Labute approximate surface area is 190 Å². The number of imidazole rings is 1. The zero-order valence-corrected chi connectivity index (χ0v) is 18.9. The summed E-state index contributed by atoms with van der Waals surface area (Å²) in [5.41, 5.74) is 5.41. The number of benzene rings is 3. The lowest BCUT2D eigenvalue weighted by atomic mass is 10.1. The Balaban J connectivity index is 1.34. The topological polar surface area (TPSA) is 46.9 Å². The number of hydrogen-bond donors (Lipinski definition) is 1. The Bertz CT molecular complexity index is 1160.